The van der Waals surface area contributed by atoms with E-state index in [1.807, 2.05) is 0 Å². The lowest BCUT2D eigenvalue weighted by molar-refractivity contribution is -0.145. The van der Waals surface area contributed by atoms with Crippen LogP contribution in [0, 0.1) is 11.5 Å². The summed E-state index contributed by atoms with van der Waals surface area (Å²) in [5.74, 6) is -1.56. The number of pyridine rings is 1. The number of esters is 1. The Balaban J connectivity index is 2.97. The second kappa shape index (κ2) is 5.14. The Morgan fingerprint density at radius 3 is 3.07 bits per heavy atom. The van der Waals surface area contributed by atoms with E-state index >= 15 is 0 Å². The Hall–Kier alpha value is -1.85. The monoisotopic (exact) mass is 211 g/mol. The zero-order valence-corrected chi connectivity index (χ0v) is 8.11. The van der Waals surface area contributed by atoms with Crippen molar-refractivity contribution in [2.75, 3.05) is 6.61 Å². The lowest BCUT2D eigenvalue weighted by atomic mass is 10.1. The molecule has 0 spiro atoms. The van der Waals surface area contributed by atoms with E-state index in [-0.39, 0.29) is 12.2 Å². The van der Waals surface area contributed by atoms with E-state index in [1.165, 1.54) is 18.3 Å². The molecule has 1 rings (SSSR count). The third kappa shape index (κ3) is 2.55. The van der Waals surface area contributed by atoms with Crippen LogP contribution in [0.1, 0.15) is 18.5 Å². The molecule has 0 fully saturated rings. The van der Waals surface area contributed by atoms with Crippen molar-refractivity contribution >= 4 is 5.97 Å². The van der Waals surface area contributed by atoms with E-state index < -0.39 is 18.0 Å². The molecule has 0 aliphatic rings. The molecule has 1 aromatic rings. The molecule has 80 valence electrons. The van der Waals surface area contributed by atoms with Gasteiger partial charge in [0.25, 0.3) is 0 Å². The van der Waals surface area contributed by atoms with Crippen LogP contribution in [0.3, 0.4) is 0 Å². The minimum absolute atomic E-state index is 0.0500. The third-order valence-electron chi connectivity index (χ3n) is 1.72. The minimum atomic E-state index is -1.27. The van der Waals surface area contributed by atoms with Crippen molar-refractivity contribution in [2.24, 2.45) is 5.11 Å². The van der Waals surface area contributed by atoms with Gasteiger partial charge in [-0.15, -0.1) is 0 Å². The molecular formula is C9H10FN3O2. The van der Waals surface area contributed by atoms with Crippen molar-refractivity contribution in [3.63, 3.8) is 0 Å². The number of hydrogen-bond acceptors (Lipinski definition) is 5. The van der Waals surface area contributed by atoms with Crippen LogP contribution in [0.2, 0.25) is 0 Å². The molecule has 6 heteroatoms. The Kier molecular flexibility index (Phi) is 3.84. The summed E-state index contributed by atoms with van der Waals surface area (Å²) in [5, 5.41) is 3.03. The fraction of sp³-hybridized carbons (Fsp3) is 0.333. The van der Waals surface area contributed by atoms with Crippen LogP contribution >= 0.6 is 0 Å². The molecule has 0 amide bonds. The summed E-state index contributed by atoms with van der Waals surface area (Å²) in [5.41, 5.74) is 6.78. The molecule has 1 unspecified atom stereocenters. The first-order chi connectivity index (χ1) is 7.20. The summed E-state index contributed by atoms with van der Waals surface area (Å²) >= 11 is 0. The fourth-order valence-electron chi connectivity index (χ4n) is 1.07. The average molecular weight is 211 g/mol. The van der Waals surface area contributed by atoms with Crippen LogP contribution < -0.4 is 0 Å². The van der Waals surface area contributed by atoms with Gasteiger partial charge in [0.15, 0.2) is 6.04 Å². The molecule has 0 aliphatic heterocycles. The van der Waals surface area contributed by atoms with Gasteiger partial charge in [0.2, 0.25) is 5.95 Å². The van der Waals surface area contributed by atoms with Gasteiger partial charge in [-0.3, -0.25) is 0 Å². The summed E-state index contributed by atoms with van der Waals surface area (Å²) in [6, 6.07) is 1.55. The molecule has 0 saturated heterocycles. The molecule has 0 bridgehead atoms. The van der Waals surface area contributed by atoms with Crippen molar-refractivity contribution in [2.45, 2.75) is 13.0 Å². The third-order valence-corrected chi connectivity index (χ3v) is 1.72. The van der Waals surface area contributed by atoms with Gasteiger partial charge in [-0.25, -0.2) is 15.3 Å². The smallest absolute Gasteiger partial charge is 0.337 e. The standard InChI is InChI=1S/C9H10FN3O2/c1-2-15-9(14)7(13-11)6-4-3-5-12-8(6)10/h3-5,7,11H,2H2,1H3. The Morgan fingerprint density at radius 2 is 2.53 bits per heavy atom. The highest BCUT2D eigenvalue weighted by molar-refractivity contribution is 5.77. The van der Waals surface area contributed by atoms with E-state index in [0.29, 0.717) is 0 Å². The van der Waals surface area contributed by atoms with Crippen LogP contribution in [-0.2, 0) is 9.53 Å². The first kappa shape index (κ1) is 11.2. The van der Waals surface area contributed by atoms with Crippen LogP contribution in [0.25, 0.3) is 0 Å². The summed E-state index contributed by atoms with van der Waals surface area (Å²) in [6.07, 6.45) is 1.25. The SMILES string of the molecule is CCOC(=O)C(N=N)c1cccnc1F. The summed E-state index contributed by atoms with van der Waals surface area (Å²) < 4.78 is 17.8. The van der Waals surface area contributed by atoms with Gasteiger partial charge in [0.05, 0.1) is 6.61 Å². The van der Waals surface area contributed by atoms with Gasteiger partial charge in [0, 0.05) is 11.8 Å². The van der Waals surface area contributed by atoms with E-state index in [2.05, 4.69) is 14.8 Å². The highest BCUT2D eigenvalue weighted by Gasteiger charge is 2.24. The van der Waals surface area contributed by atoms with Gasteiger partial charge in [0.1, 0.15) is 0 Å². The van der Waals surface area contributed by atoms with Gasteiger partial charge < -0.3 is 4.74 Å². The predicted molar refractivity (Wildman–Crippen MR) is 48.7 cm³/mol. The molecule has 1 atom stereocenters. The van der Waals surface area contributed by atoms with Gasteiger partial charge in [-0.2, -0.15) is 9.50 Å². The predicted octanol–water partition coefficient (Wildman–Crippen LogP) is 1.86. The Bertz CT molecular complexity index is 370. The molecule has 1 heterocycles. The van der Waals surface area contributed by atoms with Crippen molar-refractivity contribution in [3.8, 4) is 0 Å². The van der Waals surface area contributed by atoms with Gasteiger partial charge in [-0.05, 0) is 13.0 Å². The van der Waals surface area contributed by atoms with Crippen molar-refractivity contribution in [3.05, 3.63) is 29.8 Å². The maximum atomic E-state index is 13.2. The molecule has 0 aromatic carbocycles. The zero-order valence-electron chi connectivity index (χ0n) is 8.11. The number of aromatic nitrogens is 1. The maximum Gasteiger partial charge on any atom is 0.337 e. The summed E-state index contributed by atoms with van der Waals surface area (Å²) in [4.78, 5) is 14.7. The van der Waals surface area contributed by atoms with Crippen molar-refractivity contribution in [1.29, 1.82) is 5.53 Å². The number of halogens is 1. The summed E-state index contributed by atoms with van der Waals surface area (Å²) in [6.45, 7) is 1.78. The molecule has 0 saturated carbocycles. The molecule has 1 N–H and O–H groups in total. The average Bonchev–Trinajstić information content (AvgIpc) is 2.22. The lowest BCUT2D eigenvalue weighted by Crippen LogP contribution is -2.15. The highest BCUT2D eigenvalue weighted by Crippen LogP contribution is 2.20. The fourth-order valence-corrected chi connectivity index (χ4v) is 1.07. The van der Waals surface area contributed by atoms with Gasteiger partial charge in [-0.1, -0.05) is 6.07 Å². The number of carbonyl (C=O) groups excluding carboxylic acids is 1. The first-order valence-corrected chi connectivity index (χ1v) is 4.34. The molecule has 15 heavy (non-hydrogen) atoms. The summed E-state index contributed by atoms with van der Waals surface area (Å²) in [7, 11) is 0. The van der Waals surface area contributed by atoms with Gasteiger partial charge >= 0.3 is 5.97 Å². The van der Waals surface area contributed by atoms with Crippen molar-refractivity contribution < 1.29 is 13.9 Å². The molecule has 5 nitrogen and oxygen atoms in total. The number of hydrogen-bond donors (Lipinski definition) is 1. The topological polar surface area (TPSA) is 75.4 Å². The molecular weight excluding hydrogens is 201 g/mol. The number of ether oxygens (including phenoxy) is 1. The van der Waals surface area contributed by atoms with E-state index in [1.54, 1.807) is 6.92 Å². The zero-order chi connectivity index (χ0) is 11.3. The van der Waals surface area contributed by atoms with Crippen LogP contribution in [0.4, 0.5) is 4.39 Å². The number of rotatable bonds is 4. The first-order valence-electron chi connectivity index (χ1n) is 4.34. The van der Waals surface area contributed by atoms with Crippen LogP contribution in [0.5, 0.6) is 0 Å². The van der Waals surface area contributed by atoms with E-state index in [4.69, 9.17) is 5.53 Å². The second-order valence-corrected chi connectivity index (χ2v) is 2.67. The Morgan fingerprint density at radius 1 is 1.80 bits per heavy atom. The lowest BCUT2D eigenvalue weighted by Gasteiger charge is -2.09. The molecule has 1 aromatic heterocycles. The van der Waals surface area contributed by atoms with E-state index in [0.717, 1.165) is 0 Å². The van der Waals surface area contributed by atoms with E-state index in [9.17, 15) is 9.18 Å². The highest BCUT2D eigenvalue weighted by atomic mass is 19.1. The largest absolute Gasteiger partial charge is 0.464 e. The minimum Gasteiger partial charge on any atom is -0.464 e. The van der Waals surface area contributed by atoms with Crippen molar-refractivity contribution in [1.82, 2.24) is 4.98 Å². The molecule has 0 aliphatic carbocycles. The number of carbonyl (C=O) groups is 1. The second-order valence-electron chi connectivity index (χ2n) is 2.67. The quantitative estimate of drug-likeness (QED) is 0.469. The molecule has 0 radical (unpaired) electrons. The maximum absolute atomic E-state index is 13.2. The normalized spacial score (nSPS) is 11.9. The van der Waals surface area contributed by atoms with Crippen LogP contribution in [-0.4, -0.2) is 17.6 Å². The Labute approximate surface area is 85.8 Å². The number of nitrogens with one attached hydrogen (secondary N) is 1. The van der Waals surface area contributed by atoms with Crippen LogP contribution in [0.15, 0.2) is 23.4 Å². The number of nitrogens with zero attached hydrogens (tertiary/aromatic N) is 2.